The van der Waals surface area contributed by atoms with Crippen molar-refractivity contribution in [1.82, 2.24) is 0 Å². The van der Waals surface area contributed by atoms with Gasteiger partial charge in [-0.2, -0.15) is 0 Å². The molecule has 0 saturated heterocycles. The van der Waals surface area contributed by atoms with Gasteiger partial charge in [-0.3, -0.25) is 0 Å². The SMILES string of the molecule is CC(C=CC1=C(C)CCCC1(C)C)=CC=CC(C)=CC=[N+](C=CC(C)=CC=CC(C)=CC=C1C(C)=CCCC1(C)C)CCO. The molecule has 44 heavy (non-hydrogen) atoms. The van der Waals surface area contributed by atoms with E-state index in [1.165, 1.54) is 65.5 Å². The van der Waals surface area contributed by atoms with Crippen LogP contribution in [0.4, 0.5) is 0 Å². The summed E-state index contributed by atoms with van der Waals surface area (Å²) < 4.78 is 2.02. The summed E-state index contributed by atoms with van der Waals surface area (Å²) in [6, 6.07) is 0. The summed E-state index contributed by atoms with van der Waals surface area (Å²) >= 11 is 0. The molecule has 2 heteroatoms. The summed E-state index contributed by atoms with van der Waals surface area (Å²) in [7, 11) is 0. The molecule has 0 aliphatic heterocycles. The first-order valence-electron chi connectivity index (χ1n) is 16.5. The Morgan fingerprint density at radius 2 is 1.41 bits per heavy atom. The van der Waals surface area contributed by atoms with Gasteiger partial charge in [0.05, 0.1) is 0 Å². The molecule has 0 radical (unpaired) electrons. The van der Waals surface area contributed by atoms with Gasteiger partial charge in [-0.1, -0.05) is 117 Å². The van der Waals surface area contributed by atoms with Crippen molar-refractivity contribution in [2.24, 2.45) is 10.8 Å². The van der Waals surface area contributed by atoms with Gasteiger partial charge < -0.3 is 5.11 Å². The maximum atomic E-state index is 9.57. The maximum Gasteiger partial charge on any atom is 0.171 e. The van der Waals surface area contributed by atoms with Gasteiger partial charge in [0.2, 0.25) is 0 Å². The molecule has 0 aromatic carbocycles. The molecule has 1 N–H and O–H groups in total. The Morgan fingerprint density at radius 1 is 0.795 bits per heavy atom. The molecule has 0 amide bonds. The highest BCUT2D eigenvalue weighted by atomic mass is 16.3. The van der Waals surface area contributed by atoms with Crippen LogP contribution in [-0.2, 0) is 0 Å². The van der Waals surface area contributed by atoms with Gasteiger partial charge in [0.25, 0.3) is 0 Å². The van der Waals surface area contributed by atoms with Crippen LogP contribution >= 0.6 is 0 Å². The molecule has 2 nitrogen and oxygen atoms in total. The number of aliphatic hydroxyl groups excluding tert-OH is 1. The molecule has 0 aromatic rings. The molecule has 0 aromatic heterocycles. The normalized spacial score (nSPS) is 22.0. The quantitative estimate of drug-likeness (QED) is 0.136. The number of aliphatic hydroxyl groups is 1. The molecule has 0 atom stereocenters. The molecule has 238 valence electrons. The first-order chi connectivity index (χ1) is 20.7. The maximum absolute atomic E-state index is 9.57. The van der Waals surface area contributed by atoms with Gasteiger partial charge in [-0.25, -0.2) is 4.58 Å². The Morgan fingerprint density at radius 3 is 2.02 bits per heavy atom. The molecular weight excluding hydrogens is 534 g/mol. The Kier molecular flexibility index (Phi) is 15.0. The molecule has 0 unspecified atom stereocenters. The Labute approximate surface area is 270 Å². The van der Waals surface area contributed by atoms with Crippen LogP contribution < -0.4 is 0 Å². The monoisotopic (exact) mass is 594 g/mol. The van der Waals surface area contributed by atoms with Crippen LogP contribution in [0.3, 0.4) is 0 Å². The summed E-state index contributed by atoms with van der Waals surface area (Å²) in [5, 5.41) is 9.57. The molecule has 0 spiro atoms. The van der Waals surface area contributed by atoms with Crippen LogP contribution in [0.25, 0.3) is 0 Å². The van der Waals surface area contributed by atoms with Gasteiger partial charge in [-0.15, -0.1) is 0 Å². The first kappa shape index (κ1) is 37.0. The second kappa shape index (κ2) is 17.9. The second-order valence-corrected chi connectivity index (χ2v) is 13.9. The number of hydrogen-bond acceptors (Lipinski definition) is 1. The number of rotatable bonds is 12. The van der Waals surface area contributed by atoms with Gasteiger partial charge in [-0.05, 0) is 107 Å². The van der Waals surface area contributed by atoms with Crippen LogP contribution in [0.15, 0.2) is 130 Å². The molecule has 2 rings (SSSR count). The molecule has 0 heterocycles. The van der Waals surface area contributed by atoms with Gasteiger partial charge in [0.15, 0.2) is 19.0 Å². The van der Waals surface area contributed by atoms with Gasteiger partial charge in [0, 0.05) is 12.2 Å². The van der Waals surface area contributed by atoms with E-state index in [0.717, 1.165) is 11.1 Å². The lowest BCUT2D eigenvalue weighted by Gasteiger charge is -2.32. The molecule has 0 saturated carbocycles. The van der Waals surface area contributed by atoms with Gasteiger partial charge in [0.1, 0.15) is 6.61 Å². The third kappa shape index (κ3) is 12.8. The van der Waals surface area contributed by atoms with Crippen molar-refractivity contribution in [3.8, 4) is 0 Å². The van der Waals surface area contributed by atoms with E-state index in [1.807, 2.05) is 17.0 Å². The largest absolute Gasteiger partial charge is 0.390 e. The minimum atomic E-state index is 0.0954. The van der Waals surface area contributed by atoms with E-state index in [0.29, 0.717) is 6.54 Å². The van der Waals surface area contributed by atoms with E-state index in [-0.39, 0.29) is 17.4 Å². The highest BCUT2D eigenvalue weighted by molar-refractivity contribution is 5.68. The van der Waals surface area contributed by atoms with Crippen LogP contribution in [0.1, 0.15) is 101 Å². The standard InChI is InChI=1S/C42H60NO/c1-33(21-23-39-37(5)19-13-27-41(39,7)8)15-11-17-35(3)25-29-43(31-32-44)30-26-36(4)18-12-16-34(2)22-24-40-38(6)20-14-28-42(40,9)10/h11-12,15-19,21-26,29-30,44H,13-14,20,27-28,31-32H2,1-10H3/q+1. The molecule has 0 bridgehead atoms. The minimum Gasteiger partial charge on any atom is -0.390 e. The number of hydrogen-bond donors (Lipinski definition) is 1. The lowest BCUT2D eigenvalue weighted by molar-refractivity contribution is -0.454. The topological polar surface area (TPSA) is 23.2 Å². The van der Waals surface area contributed by atoms with Crippen LogP contribution in [-0.4, -0.2) is 29.0 Å². The van der Waals surface area contributed by atoms with Crippen molar-refractivity contribution in [2.75, 3.05) is 13.2 Å². The third-order valence-electron chi connectivity index (χ3n) is 8.79. The average molecular weight is 595 g/mol. The summed E-state index contributed by atoms with van der Waals surface area (Å²) in [5.41, 5.74) is 11.1. The molecule has 2 aliphatic carbocycles. The highest BCUT2D eigenvalue weighted by Crippen LogP contribution is 2.41. The van der Waals surface area contributed by atoms with Crippen LogP contribution in [0, 0.1) is 10.8 Å². The van der Waals surface area contributed by atoms with Crippen molar-refractivity contribution in [3.05, 3.63) is 130 Å². The third-order valence-corrected chi connectivity index (χ3v) is 8.79. The Bertz CT molecular complexity index is 1370. The van der Waals surface area contributed by atoms with Crippen molar-refractivity contribution < 1.29 is 9.68 Å². The fourth-order valence-electron chi connectivity index (χ4n) is 5.89. The first-order valence-corrected chi connectivity index (χ1v) is 16.5. The predicted octanol–water partition coefficient (Wildman–Crippen LogP) is 11.2. The summed E-state index contributed by atoms with van der Waals surface area (Å²) in [6.45, 7) is 23.0. The smallest absolute Gasteiger partial charge is 0.171 e. The number of nitrogens with zero attached hydrogens (tertiary/aromatic N) is 1. The lowest BCUT2D eigenvalue weighted by Crippen LogP contribution is -2.19. The Balaban J connectivity index is 2.02. The Hall–Kier alpha value is -3.23. The van der Waals surface area contributed by atoms with Crippen molar-refractivity contribution in [3.63, 3.8) is 0 Å². The fourth-order valence-corrected chi connectivity index (χ4v) is 5.89. The van der Waals surface area contributed by atoms with E-state index in [2.05, 4.69) is 148 Å². The highest BCUT2D eigenvalue weighted by Gasteiger charge is 2.27. The van der Waals surface area contributed by atoms with E-state index < -0.39 is 0 Å². The van der Waals surface area contributed by atoms with E-state index in [1.54, 1.807) is 0 Å². The van der Waals surface area contributed by atoms with Crippen molar-refractivity contribution in [1.29, 1.82) is 0 Å². The summed E-state index contributed by atoms with van der Waals surface area (Å²) in [4.78, 5) is 0. The molecular formula is C42H60NO+. The predicted molar refractivity (Wildman–Crippen MR) is 195 cm³/mol. The van der Waals surface area contributed by atoms with Crippen molar-refractivity contribution in [2.45, 2.75) is 101 Å². The fraction of sp³-hybridized carbons (Fsp3) is 0.452. The van der Waals surface area contributed by atoms with Crippen molar-refractivity contribution >= 4 is 6.21 Å². The summed E-state index contributed by atoms with van der Waals surface area (Å²) in [6.07, 6.45) is 38.6. The summed E-state index contributed by atoms with van der Waals surface area (Å²) in [5.74, 6) is 0. The van der Waals surface area contributed by atoms with Crippen LogP contribution in [0.5, 0.6) is 0 Å². The van der Waals surface area contributed by atoms with E-state index >= 15 is 0 Å². The zero-order valence-electron chi connectivity index (χ0n) is 29.5. The van der Waals surface area contributed by atoms with Crippen LogP contribution in [0.2, 0.25) is 0 Å². The zero-order valence-corrected chi connectivity index (χ0v) is 29.5. The second-order valence-electron chi connectivity index (χ2n) is 13.9. The molecule has 2 aliphatic rings. The van der Waals surface area contributed by atoms with E-state index in [9.17, 15) is 5.11 Å². The van der Waals surface area contributed by atoms with Gasteiger partial charge >= 0.3 is 0 Å². The zero-order chi connectivity index (χ0) is 32.8. The van der Waals surface area contributed by atoms with E-state index in [4.69, 9.17) is 0 Å². The lowest BCUT2D eigenvalue weighted by atomic mass is 9.72. The average Bonchev–Trinajstić information content (AvgIpc) is 2.93. The minimum absolute atomic E-state index is 0.0954. The molecule has 0 fully saturated rings. The number of allylic oxidation sites excluding steroid dienone is 21.